The van der Waals surface area contributed by atoms with Gasteiger partial charge in [-0.25, -0.2) is 4.98 Å². The minimum atomic E-state index is -4.33. The van der Waals surface area contributed by atoms with Gasteiger partial charge in [0.05, 0.1) is 22.9 Å². The number of phenols is 1. The van der Waals surface area contributed by atoms with E-state index in [1.165, 1.54) is 23.5 Å². The second-order valence-electron chi connectivity index (χ2n) is 6.46. The summed E-state index contributed by atoms with van der Waals surface area (Å²) in [5, 5.41) is 12.3. The quantitative estimate of drug-likeness (QED) is 0.471. The molecule has 0 fully saturated rings. The van der Waals surface area contributed by atoms with Crippen LogP contribution in [-0.4, -0.2) is 16.7 Å². The maximum Gasteiger partial charge on any atom is 0.416 e. The number of alkyl halides is 3. The molecule has 0 aliphatic carbocycles. The van der Waals surface area contributed by atoms with Gasteiger partial charge < -0.3 is 9.84 Å². The average molecular weight is 407 g/mol. The number of halogens is 3. The number of unbranched alkanes of at least 4 members (excludes halogenated alkanes) is 1. The van der Waals surface area contributed by atoms with E-state index < -0.39 is 11.7 Å². The highest BCUT2D eigenvalue weighted by atomic mass is 32.1. The normalized spacial score (nSPS) is 11.6. The zero-order valence-electron chi connectivity index (χ0n) is 15.3. The third kappa shape index (κ3) is 5.25. The Morgan fingerprint density at radius 2 is 1.82 bits per heavy atom. The van der Waals surface area contributed by atoms with E-state index in [1.54, 1.807) is 18.2 Å². The summed E-state index contributed by atoms with van der Waals surface area (Å²) in [6.45, 7) is 2.39. The predicted octanol–water partition coefficient (Wildman–Crippen LogP) is 6.24. The van der Waals surface area contributed by atoms with Gasteiger partial charge in [0.15, 0.2) is 0 Å². The Hall–Kier alpha value is -2.54. The van der Waals surface area contributed by atoms with Gasteiger partial charge in [-0.15, -0.1) is 11.3 Å². The third-order valence-electron chi connectivity index (χ3n) is 4.28. The minimum absolute atomic E-state index is 0.250. The van der Waals surface area contributed by atoms with Crippen LogP contribution in [0.4, 0.5) is 13.2 Å². The van der Waals surface area contributed by atoms with E-state index in [0.717, 1.165) is 47.7 Å². The van der Waals surface area contributed by atoms with Crippen LogP contribution in [0.25, 0.3) is 11.3 Å². The number of aromatic nitrogens is 1. The number of hydrogen-bond donors (Lipinski definition) is 1. The van der Waals surface area contributed by atoms with Crippen LogP contribution in [0.15, 0.2) is 47.8 Å². The van der Waals surface area contributed by atoms with E-state index in [4.69, 9.17) is 4.74 Å². The van der Waals surface area contributed by atoms with Gasteiger partial charge in [0.25, 0.3) is 0 Å². The third-order valence-corrected chi connectivity index (χ3v) is 5.19. The van der Waals surface area contributed by atoms with Gasteiger partial charge in [0.1, 0.15) is 11.5 Å². The maximum absolute atomic E-state index is 12.6. The zero-order valence-corrected chi connectivity index (χ0v) is 16.1. The van der Waals surface area contributed by atoms with Gasteiger partial charge in [-0.1, -0.05) is 12.1 Å². The van der Waals surface area contributed by atoms with Crippen molar-refractivity contribution < 1.29 is 23.0 Å². The number of ether oxygens (including phenoxy) is 1. The smallest absolute Gasteiger partial charge is 0.416 e. The molecule has 0 unspecified atom stereocenters. The highest BCUT2D eigenvalue weighted by molar-refractivity contribution is 7.09. The topological polar surface area (TPSA) is 42.4 Å². The molecule has 0 radical (unpaired) electrons. The number of benzene rings is 2. The fourth-order valence-corrected chi connectivity index (χ4v) is 3.52. The molecule has 0 saturated heterocycles. The molecular formula is C21H20F3NO2S. The Morgan fingerprint density at radius 1 is 1.07 bits per heavy atom. The number of rotatable bonds is 7. The first-order valence-electron chi connectivity index (χ1n) is 8.87. The van der Waals surface area contributed by atoms with E-state index in [9.17, 15) is 18.3 Å². The lowest BCUT2D eigenvalue weighted by Crippen LogP contribution is -2.04. The Kier molecular flexibility index (Phi) is 6.24. The molecule has 0 spiro atoms. The molecule has 0 atom stereocenters. The first-order chi connectivity index (χ1) is 13.3. The molecular weight excluding hydrogens is 387 g/mol. The van der Waals surface area contributed by atoms with Crippen molar-refractivity contribution in [2.24, 2.45) is 0 Å². The average Bonchev–Trinajstić information content (AvgIpc) is 3.13. The minimum Gasteiger partial charge on any atom is -0.508 e. The van der Waals surface area contributed by atoms with Crippen LogP contribution >= 0.6 is 11.3 Å². The van der Waals surface area contributed by atoms with Gasteiger partial charge in [-0.05, 0) is 62.1 Å². The van der Waals surface area contributed by atoms with Crippen LogP contribution in [-0.2, 0) is 12.6 Å². The highest BCUT2D eigenvalue weighted by Gasteiger charge is 2.30. The van der Waals surface area contributed by atoms with E-state index in [0.29, 0.717) is 17.9 Å². The van der Waals surface area contributed by atoms with E-state index in [-0.39, 0.29) is 5.75 Å². The van der Waals surface area contributed by atoms with Crippen LogP contribution in [0.3, 0.4) is 0 Å². The summed E-state index contributed by atoms with van der Waals surface area (Å²) in [6.07, 6.45) is -1.78. The number of phenolic OH excluding ortho intramolecular Hbond substituents is 1. The van der Waals surface area contributed by atoms with Crippen molar-refractivity contribution >= 4 is 11.3 Å². The Bertz CT molecular complexity index is 920. The SMILES string of the molecule is Cc1cc(OCCCCc2nc(-c3ccc(C(F)(F)F)cc3)cs2)ccc1O. The van der Waals surface area contributed by atoms with Crippen molar-refractivity contribution in [2.75, 3.05) is 6.61 Å². The van der Waals surface area contributed by atoms with Crippen molar-refractivity contribution in [3.63, 3.8) is 0 Å². The van der Waals surface area contributed by atoms with Crippen molar-refractivity contribution in [1.82, 2.24) is 4.98 Å². The predicted molar refractivity (Wildman–Crippen MR) is 104 cm³/mol. The lowest BCUT2D eigenvalue weighted by Gasteiger charge is -2.07. The van der Waals surface area contributed by atoms with E-state index >= 15 is 0 Å². The second kappa shape index (κ2) is 8.65. The lowest BCUT2D eigenvalue weighted by molar-refractivity contribution is -0.137. The van der Waals surface area contributed by atoms with Gasteiger partial charge in [0.2, 0.25) is 0 Å². The van der Waals surface area contributed by atoms with Crippen molar-refractivity contribution in [1.29, 1.82) is 0 Å². The van der Waals surface area contributed by atoms with Gasteiger partial charge >= 0.3 is 6.18 Å². The van der Waals surface area contributed by atoms with Crippen molar-refractivity contribution in [2.45, 2.75) is 32.4 Å². The first-order valence-corrected chi connectivity index (χ1v) is 9.75. The fourth-order valence-electron chi connectivity index (χ4n) is 2.67. The monoisotopic (exact) mass is 407 g/mol. The molecule has 3 rings (SSSR count). The van der Waals surface area contributed by atoms with Crippen LogP contribution in [0.5, 0.6) is 11.5 Å². The van der Waals surface area contributed by atoms with Gasteiger partial charge in [-0.3, -0.25) is 0 Å². The summed E-state index contributed by atoms with van der Waals surface area (Å²) in [6, 6.07) is 10.2. The van der Waals surface area contributed by atoms with E-state index in [2.05, 4.69) is 4.98 Å². The van der Waals surface area contributed by atoms with Crippen molar-refractivity contribution in [3.8, 4) is 22.8 Å². The Labute approximate surface area is 165 Å². The largest absolute Gasteiger partial charge is 0.508 e. The molecule has 7 heteroatoms. The van der Waals surface area contributed by atoms with Crippen LogP contribution in [0.2, 0.25) is 0 Å². The molecule has 3 nitrogen and oxygen atoms in total. The summed E-state index contributed by atoms with van der Waals surface area (Å²) >= 11 is 1.51. The number of aryl methyl sites for hydroxylation is 2. The van der Waals surface area contributed by atoms with Crippen LogP contribution in [0.1, 0.15) is 29.0 Å². The Balaban J connectivity index is 1.46. The molecule has 3 aromatic rings. The molecule has 1 heterocycles. The highest BCUT2D eigenvalue weighted by Crippen LogP contribution is 2.31. The molecule has 0 saturated carbocycles. The molecule has 2 aromatic carbocycles. The first kappa shape index (κ1) is 20.2. The van der Waals surface area contributed by atoms with Crippen LogP contribution < -0.4 is 4.74 Å². The molecule has 0 aliphatic heterocycles. The Morgan fingerprint density at radius 3 is 2.50 bits per heavy atom. The molecule has 28 heavy (non-hydrogen) atoms. The summed E-state index contributed by atoms with van der Waals surface area (Å²) in [5.41, 5.74) is 1.50. The molecule has 0 bridgehead atoms. The molecule has 148 valence electrons. The number of aromatic hydroxyl groups is 1. The summed E-state index contributed by atoms with van der Waals surface area (Å²) in [7, 11) is 0. The summed E-state index contributed by atoms with van der Waals surface area (Å²) in [5.74, 6) is 0.981. The number of thiazole rings is 1. The van der Waals surface area contributed by atoms with Crippen molar-refractivity contribution in [3.05, 3.63) is 64.0 Å². The molecule has 0 amide bonds. The molecule has 1 aromatic heterocycles. The fraction of sp³-hybridized carbons (Fsp3) is 0.286. The number of nitrogens with zero attached hydrogens (tertiary/aromatic N) is 1. The molecule has 1 N–H and O–H groups in total. The second-order valence-corrected chi connectivity index (χ2v) is 7.40. The maximum atomic E-state index is 12.6. The summed E-state index contributed by atoms with van der Waals surface area (Å²) < 4.78 is 43.6. The van der Waals surface area contributed by atoms with Gasteiger partial charge in [-0.2, -0.15) is 13.2 Å². The van der Waals surface area contributed by atoms with Crippen LogP contribution in [0, 0.1) is 6.92 Å². The van der Waals surface area contributed by atoms with E-state index in [1.807, 2.05) is 12.3 Å². The number of hydrogen-bond acceptors (Lipinski definition) is 4. The zero-order chi connectivity index (χ0) is 20.1. The van der Waals surface area contributed by atoms with Gasteiger partial charge in [0, 0.05) is 10.9 Å². The summed E-state index contributed by atoms with van der Waals surface area (Å²) in [4.78, 5) is 4.52. The lowest BCUT2D eigenvalue weighted by atomic mass is 10.1. The standard InChI is InChI=1S/C21H20F3NO2S/c1-14-12-17(9-10-19(14)26)27-11-3-2-4-20-25-18(13-28-20)15-5-7-16(8-6-15)21(22,23)24/h5-10,12-13,26H,2-4,11H2,1H3. The molecule has 0 aliphatic rings.